The Bertz CT molecular complexity index is 666. The number of aromatic nitrogens is 1. The van der Waals surface area contributed by atoms with Crippen LogP contribution in [-0.2, 0) is 4.79 Å². The average Bonchev–Trinajstić information content (AvgIpc) is 3.22. The SMILES string of the molecule is CC(C=O)N1CCC(c2nc(C(=O)N3CCCC4CCCCC43)cs2)CC1. The summed E-state index contributed by atoms with van der Waals surface area (Å²) in [5, 5.41) is 3.08. The predicted molar refractivity (Wildman–Crippen MR) is 107 cm³/mol. The Balaban J connectivity index is 1.40. The van der Waals surface area contributed by atoms with Gasteiger partial charge in [-0.25, -0.2) is 4.98 Å². The first-order valence-corrected chi connectivity index (χ1v) is 11.5. The van der Waals surface area contributed by atoms with Gasteiger partial charge in [0.2, 0.25) is 0 Å². The summed E-state index contributed by atoms with van der Waals surface area (Å²) in [7, 11) is 0. The van der Waals surface area contributed by atoms with Gasteiger partial charge in [0.05, 0.1) is 11.0 Å². The lowest BCUT2D eigenvalue weighted by atomic mass is 9.78. The smallest absolute Gasteiger partial charge is 0.273 e. The van der Waals surface area contributed by atoms with E-state index in [1.807, 2.05) is 12.3 Å². The number of piperidine rings is 2. The fourth-order valence-corrected chi connectivity index (χ4v) is 6.20. The highest BCUT2D eigenvalue weighted by atomic mass is 32.1. The Morgan fingerprint density at radius 1 is 1.15 bits per heavy atom. The molecule has 2 saturated heterocycles. The summed E-state index contributed by atoms with van der Waals surface area (Å²) in [5.74, 6) is 1.29. The van der Waals surface area contributed by atoms with Crippen LogP contribution in [0.25, 0.3) is 0 Å². The van der Waals surface area contributed by atoms with Crippen molar-refractivity contribution in [1.29, 1.82) is 0 Å². The molecular weight excluding hydrogens is 358 g/mol. The van der Waals surface area contributed by atoms with Gasteiger partial charge in [-0.05, 0) is 64.5 Å². The lowest BCUT2D eigenvalue weighted by Gasteiger charge is -2.43. The fourth-order valence-electron chi connectivity index (χ4n) is 5.24. The molecule has 1 amide bonds. The van der Waals surface area contributed by atoms with E-state index in [2.05, 4.69) is 9.80 Å². The van der Waals surface area contributed by atoms with Gasteiger partial charge in [-0.15, -0.1) is 11.3 Å². The number of fused-ring (bicyclic) bond motifs is 1. The molecule has 3 atom stereocenters. The van der Waals surface area contributed by atoms with Crippen molar-refractivity contribution in [2.75, 3.05) is 19.6 Å². The van der Waals surface area contributed by atoms with E-state index in [1.54, 1.807) is 11.3 Å². The molecule has 3 unspecified atom stereocenters. The number of carbonyl (C=O) groups is 2. The normalized spacial score (nSPS) is 28.6. The minimum Gasteiger partial charge on any atom is -0.334 e. The van der Waals surface area contributed by atoms with Crippen LogP contribution in [0, 0.1) is 5.92 Å². The predicted octanol–water partition coefficient (Wildman–Crippen LogP) is 3.70. The van der Waals surface area contributed by atoms with E-state index < -0.39 is 0 Å². The Morgan fingerprint density at radius 2 is 1.89 bits per heavy atom. The number of rotatable bonds is 4. The molecule has 0 N–H and O–H groups in total. The minimum absolute atomic E-state index is 0.00178. The Morgan fingerprint density at radius 3 is 2.67 bits per heavy atom. The van der Waals surface area contributed by atoms with Crippen molar-refractivity contribution >= 4 is 23.5 Å². The molecule has 27 heavy (non-hydrogen) atoms. The zero-order valence-corrected chi connectivity index (χ0v) is 17.1. The maximum atomic E-state index is 13.2. The molecule has 148 valence electrons. The van der Waals surface area contributed by atoms with Crippen molar-refractivity contribution in [1.82, 2.24) is 14.8 Å². The molecule has 4 rings (SSSR count). The van der Waals surface area contributed by atoms with Gasteiger partial charge in [-0.1, -0.05) is 12.8 Å². The van der Waals surface area contributed by atoms with Crippen LogP contribution in [0.5, 0.6) is 0 Å². The van der Waals surface area contributed by atoms with E-state index in [0.717, 1.165) is 50.2 Å². The van der Waals surface area contributed by atoms with Crippen molar-refractivity contribution in [2.24, 2.45) is 5.92 Å². The van der Waals surface area contributed by atoms with Crippen molar-refractivity contribution in [3.05, 3.63) is 16.1 Å². The van der Waals surface area contributed by atoms with Crippen LogP contribution in [0.1, 0.15) is 79.7 Å². The summed E-state index contributed by atoms with van der Waals surface area (Å²) in [6, 6.07) is 0.445. The van der Waals surface area contributed by atoms with Gasteiger partial charge in [0.1, 0.15) is 12.0 Å². The number of carbonyl (C=O) groups excluding carboxylic acids is 2. The summed E-state index contributed by atoms with van der Waals surface area (Å²) in [6.45, 7) is 4.73. The summed E-state index contributed by atoms with van der Waals surface area (Å²) in [4.78, 5) is 33.3. The highest BCUT2D eigenvalue weighted by Crippen LogP contribution is 2.36. The van der Waals surface area contributed by atoms with Crippen LogP contribution < -0.4 is 0 Å². The second kappa shape index (κ2) is 8.39. The molecule has 1 aliphatic carbocycles. The molecule has 1 aromatic rings. The second-order valence-electron chi connectivity index (χ2n) is 8.51. The van der Waals surface area contributed by atoms with Crippen molar-refractivity contribution in [2.45, 2.75) is 76.3 Å². The van der Waals surface area contributed by atoms with Crippen LogP contribution in [0.3, 0.4) is 0 Å². The highest BCUT2D eigenvalue weighted by Gasteiger charge is 2.37. The molecule has 0 spiro atoms. The standard InChI is InChI=1S/C21H31N3O2S/c1-15(13-25)23-11-8-17(9-12-23)20-22-18(14-27-20)21(26)24-10-4-6-16-5-2-3-7-19(16)24/h13-17,19H,2-12H2,1H3. The topological polar surface area (TPSA) is 53.5 Å². The van der Waals surface area contributed by atoms with Crippen LogP contribution in [0.2, 0.25) is 0 Å². The summed E-state index contributed by atoms with van der Waals surface area (Å²) < 4.78 is 0. The third-order valence-corrected chi connectivity index (χ3v) is 7.90. The Kier molecular flexibility index (Phi) is 5.93. The van der Waals surface area contributed by atoms with E-state index in [-0.39, 0.29) is 11.9 Å². The first-order chi connectivity index (χ1) is 13.2. The summed E-state index contributed by atoms with van der Waals surface area (Å²) >= 11 is 1.65. The highest BCUT2D eigenvalue weighted by molar-refractivity contribution is 7.09. The van der Waals surface area contributed by atoms with Crippen LogP contribution in [0.4, 0.5) is 0 Å². The van der Waals surface area contributed by atoms with Gasteiger partial charge < -0.3 is 9.69 Å². The molecule has 3 fully saturated rings. The van der Waals surface area contributed by atoms with Gasteiger partial charge in [0.25, 0.3) is 5.91 Å². The minimum atomic E-state index is 0.00178. The number of hydrogen-bond acceptors (Lipinski definition) is 5. The zero-order chi connectivity index (χ0) is 18.8. The largest absolute Gasteiger partial charge is 0.334 e. The van der Waals surface area contributed by atoms with Crippen LogP contribution in [-0.4, -0.2) is 58.7 Å². The first-order valence-electron chi connectivity index (χ1n) is 10.6. The van der Waals surface area contributed by atoms with E-state index in [9.17, 15) is 9.59 Å². The molecular formula is C21H31N3O2S. The number of amides is 1. The summed E-state index contributed by atoms with van der Waals surface area (Å²) in [5.41, 5.74) is 0.657. The maximum Gasteiger partial charge on any atom is 0.273 e. The van der Waals surface area contributed by atoms with E-state index in [0.29, 0.717) is 23.6 Å². The molecule has 0 aromatic carbocycles. The van der Waals surface area contributed by atoms with E-state index in [1.165, 1.54) is 32.1 Å². The molecule has 3 aliphatic rings. The maximum absolute atomic E-state index is 13.2. The Labute approximate surface area is 166 Å². The average molecular weight is 390 g/mol. The zero-order valence-electron chi connectivity index (χ0n) is 16.3. The molecule has 2 aliphatic heterocycles. The molecule has 3 heterocycles. The van der Waals surface area contributed by atoms with Crippen molar-refractivity contribution < 1.29 is 9.59 Å². The third kappa shape index (κ3) is 3.97. The number of likely N-dealkylation sites (tertiary alicyclic amines) is 2. The van der Waals surface area contributed by atoms with Gasteiger partial charge in [0, 0.05) is 23.9 Å². The molecule has 1 aromatic heterocycles. The monoisotopic (exact) mass is 389 g/mol. The lowest BCUT2D eigenvalue weighted by Crippen LogP contribution is -2.49. The number of hydrogen-bond donors (Lipinski definition) is 0. The molecule has 1 saturated carbocycles. The quantitative estimate of drug-likeness (QED) is 0.737. The lowest BCUT2D eigenvalue weighted by molar-refractivity contribution is -0.112. The second-order valence-corrected chi connectivity index (χ2v) is 9.40. The van der Waals surface area contributed by atoms with Gasteiger partial charge in [-0.2, -0.15) is 0 Å². The number of thiazole rings is 1. The van der Waals surface area contributed by atoms with Crippen molar-refractivity contribution in [3.8, 4) is 0 Å². The molecule has 0 bridgehead atoms. The Hall–Kier alpha value is -1.27. The number of nitrogens with zero attached hydrogens (tertiary/aromatic N) is 3. The number of aldehydes is 1. The van der Waals surface area contributed by atoms with Gasteiger partial charge >= 0.3 is 0 Å². The summed E-state index contributed by atoms with van der Waals surface area (Å²) in [6.07, 6.45) is 10.5. The van der Waals surface area contributed by atoms with Crippen molar-refractivity contribution in [3.63, 3.8) is 0 Å². The molecule has 6 heteroatoms. The van der Waals surface area contributed by atoms with E-state index in [4.69, 9.17) is 4.98 Å². The van der Waals surface area contributed by atoms with E-state index >= 15 is 0 Å². The third-order valence-electron chi connectivity index (χ3n) is 6.90. The van der Waals surface area contributed by atoms with Gasteiger partial charge in [0.15, 0.2) is 0 Å². The molecule has 0 radical (unpaired) electrons. The first kappa shape index (κ1) is 19.1. The van der Waals surface area contributed by atoms with Gasteiger partial charge in [-0.3, -0.25) is 9.69 Å². The molecule has 5 nitrogen and oxygen atoms in total. The van der Waals surface area contributed by atoms with Crippen LogP contribution in [0.15, 0.2) is 5.38 Å². The fraction of sp³-hybridized carbons (Fsp3) is 0.762. The van der Waals surface area contributed by atoms with Crippen LogP contribution >= 0.6 is 11.3 Å².